The van der Waals surface area contributed by atoms with Gasteiger partial charge in [-0.15, -0.1) is 0 Å². The van der Waals surface area contributed by atoms with E-state index in [9.17, 15) is 14.7 Å². The maximum atomic E-state index is 11.4. The second-order valence-electron chi connectivity index (χ2n) is 4.53. The minimum atomic E-state index is -1.68. The fraction of sp³-hybridized carbons (Fsp3) is 0.429. The van der Waals surface area contributed by atoms with E-state index >= 15 is 0 Å². The summed E-state index contributed by atoms with van der Waals surface area (Å²) >= 11 is 0. The summed E-state index contributed by atoms with van der Waals surface area (Å²) in [6, 6.07) is 8.81. The monoisotopic (exact) mass is 250 g/mol. The van der Waals surface area contributed by atoms with Crippen molar-refractivity contribution in [3.05, 3.63) is 30.3 Å². The smallest absolute Gasteiger partial charge is 0.164 e. The number of carbonyl (C=O) groups excluding carboxylic acids is 2. The van der Waals surface area contributed by atoms with Crippen molar-refractivity contribution in [3.63, 3.8) is 0 Å². The Balaban J connectivity index is 2.92. The van der Waals surface area contributed by atoms with Gasteiger partial charge < -0.3 is 9.84 Å². The first-order valence-electron chi connectivity index (χ1n) is 5.78. The van der Waals surface area contributed by atoms with Crippen molar-refractivity contribution < 1.29 is 19.4 Å². The lowest BCUT2D eigenvalue weighted by Gasteiger charge is -2.30. The van der Waals surface area contributed by atoms with Crippen molar-refractivity contribution in [3.8, 4) is 5.75 Å². The molecule has 1 aromatic carbocycles. The third kappa shape index (κ3) is 3.67. The molecule has 0 saturated heterocycles. The molecule has 0 aromatic heterocycles. The first kappa shape index (κ1) is 14.4. The normalized spacial score (nSPS) is 15.6. The molecular weight excluding hydrogens is 232 g/mol. The van der Waals surface area contributed by atoms with E-state index < -0.39 is 17.5 Å². The van der Waals surface area contributed by atoms with Crippen LogP contribution in [0.15, 0.2) is 30.3 Å². The highest BCUT2D eigenvalue weighted by atomic mass is 16.5. The number of ether oxygens (including phenoxy) is 1. The second-order valence-corrected chi connectivity index (χ2v) is 4.53. The van der Waals surface area contributed by atoms with Crippen LogP contribution in [0.1, 0.15) is 27.2 Å². The summed E-state index contributed by atoms with van der Waals surface area (Å²) in [5.41, 5.74) is -1.68. The Kier molecular flexibility index (Phi) is 4.62. The van der Waals surface area contributed by atoms with Gasteiger partial charge in [-0.3, -0.25) is 9.59 Å². The van der Waals surface area contributed by atoms with Crippen LogP contribution in [0.2, 0.25) is 0 Å². The molecule has 18 heavy (non-hydrogen) atoms. The van der Waals surface area contributed by atoms with E-state index in [-0.39, 0.29) is 12.2 Å². The van der Waals surface area contributed by atoms with Gasteiger partial charge in [0.05, 0.1) is 0 Å². The lowest BCUT2D eigenvalue weighted by molar-refractivity contribution is -0.145. The molecule has 0 saturated carbocycles. The summed E-state index contributed by atoms with van der Waals surface area (Å²) < 4.78 is 5.56. The zero-order chi connectivity index (χ0) is 13.8. The number of para-hydroxylation sites is 1. The Morgan fingerprint density at radius 2 is 1.83 bits per heavy atom. The van der Waals surface area contributed by atoms with Crippen LogP contribution in [-0.2, 0) is 9.59 Å². The molecule has 0 aliphatic carbocycles. The van der Waals surface area contributed by atoms with Crippen LogP contribution < -0.4 is 4.74 Å². The van der Waals surface area contributed by atoms with Gasteiger partial charge in [-0.05, 0) is 32.9 Å². The third-order valence-corrected chi connectivity index (χ3v) is 2.83. The molecular formula is C14H18O4. The van der Waals surface area contributed by atoms with Gasteiger partial charge in [0.2, 0.25) is 0 Å². The molecule has 1 aromatic rings. The van der Waals surface area contributed by atoms with Gasteiger partial charge in [-0.25, -0.2) is 0 Å². The third-order valence-electron chi connectivity index (χ3n) is 2.83. The summed E-state index contributed by atoms with van der Waals surface area (Å²) in [5, 5.41) is 10.1. The topological polar surface area (TPSA) is 63.6 Å². The van der Waals surface area contributed by atoms with Crippen LogP contribution in [0.4, 0.5) is 0 Å². The van der Waals surface area contributed by atoms with Crippen molar-refractivity contribution in [2.24, 2.45) is 0 Å². The van der Waals surface area contributed by atoms with Crippen LogP contribution in [0, 0.1) is 0 Å². The number of aliphatic hydroxyl groups is 1. The Labute approximate surface area is 107 Å². The van der Waals surface area contributed by atoms with Crippen LogP contribution in [-0.4, -0.2) is 28.4 Å². The number of ketones is 2. The molecule has 1 N–H and O–H groups in total. The van der Waals surface area contributed by atoms with E-state index in [1.807, 2.05) is 6.07 Å². The van der Waals surface area contributed by atoms with E-state index in [0.29, 0.717) is 5.75 Å². The van der Waals surface area contributed by atoms with Gasteiger partial charge >= 0.3 is 0 Å². The SMILES string of the molecule is CC(=O)CC(Oc1ccccc1)C(C)(O)C(C)=O. The Bertz CT molecular complexity index is 423. The summed E-state index contributed by atoms with van der Waals surface area (Å²) in [5.74, 6) is -0.0487. The number of carbonyl (C=O) groups is 2. The molecule has 0 aliphatic rings. The second kappa shape index (κ2) is 5.78. The van der Waals surface area contributed by atoms with Crippen molar-refractivity contribution in [2.45, 2.75) is 38.9 Å². The molecule has 98 valence electrons. The number of hydrogen-bond acceptors (Lipinski definition) is 4. The molecule has 0 bridgehead atoms. The van der Waals surface area contributed by atoms with Gasteiger partial charge in [0.1, 0.15) is 17.6 Å². The van der Waals surface area contributed by atoms with Crippen molar-refractivity contribution in [1.29, 1.82) is 0 Å². The van der Waals surface area contributed by atoms with Crippen LogP contribution in [0.5, 0.6) is 5.75 Å². The molecule has 0 radical (unpaired) electrons. The quantitative estimate of drug-likeness (QED) is 0.835. The summed E-state index contributed by atoms with van der Waals surface area (Å²) in [6.45, 7) is 4.05. The predicted molar refractivity (Wildman–Crippen MR) is 67.5 cm³/mol. The Hall–Kier alpha value is -1.68. The molecule has 0 aliphatic heterocycles. The molecule has 0 spiro atoms. The van der Waals surface area contributed by atoms with E-state index in [4.69, 9.17) is 4.74 Å². The summed E-state index contributed by atoms with van der Waals surface area (Å²) in [7, 11) is 0. The number of Topliss-reactive ketones (excluding diaryl/α,β-unsaturated/α-hetero) is 2. The Morgan fingerprint density at radius 3 is 2.28 bits per heavy atom. The highest BCUT2D eigenvalue weighted by molar-refractivity contribution is 5.86. The average Bonchev–Trinajstić information content (AvgIpc) is 2.28. The lowest BCUT2D eigenvalue weighted by Crippen LogP contribution is -2.49. The largest absolute Gasteiger partial charge is 0.486 e. The molecule has 1 rings (SSSR count). The number of hydrogen-bond donors (Lipinski definition) is 1. The zero-order valence-electron chi connectivity index (χ0n) is 10.8. The van der Waals surface area contributed by atoms with E-state index in [1.165, 1.54) is 20.8 Å². The van der Waals surface area contributed by atoms with E-state index in [2.05, 4.69) is 0 Å². The molecule has 4 nitrogen and oxygen atoms in total. The van der Waals surface area contributed by atoms with E-state index in [0.717, 1.165) is 0 Å². The van der Waals surface area contributed by atoms with Crippen LogP contribution in [0.25, 0.3) is 0 Å². The van der Waals surface area contributed by atoms with Crippen LogP contribution in [0.3, 0.4) is 0 Å². The van der Waals surface area contributed by atoms with E-state index in [1.54, 1.807) is 24.3 Å². The molecule has 0 amide bonds. The predicted octanol–water partition coefficient (Wildman–Crippen LogP) is 1.75. The average molecular weight is 250 g/mol. The molecule has 2 atom stereocenters. The molecule has 2 unspecified atom stereocenters. The fourth-order valence-corrected chi connectivity index (χ4v) is 1.51. The zero-order valence-corrected chi connectivity index (χ0v) is 10.8. The standard InChI is InChI=1S/C14H18O4/c1-10(15)9-13(14(3,17)11(2)16)18-12-7-5-4-6-8-12/h4-8,13,17H,9H2,1-3H3. The van der Waals surface area contributed by atoms with Gasteiger partial charge in [-0.2, -0.15) is 0 Å². The number of rotatable bonds is 6. The van der Waals surface area contributed by atoms with Gasteiger partial charge in [-0.1, -0.05) is 18.2 Å². The van der Waals surface area contributed by atoms with Gasteiger partial charge in [0.15, 0.2) is 11.4 Å². The highest BCUT2D eigenvalue weighted by Gasteiger charge is 2.39. The maximum absolute atomic E-state index is 11.4. The fourth-order valence-electron chi connectivity index (χ4n) is 1.51. The molecule has 4 heteroatoms. The van der Waals surface area contributed by atoms with Crippen molar-refractivity contribution in [1.82, 2.24) is 0 Å². The Morgan fingerprint density at radius 1 is 1.28 bits per heavy atom. The summed E-state index contributed by atoms with van der Waals surface area (Å²) in [6.07, 6.45) is -0.892. The van der Waals surface area contributed by atoms with Crippen molar-refractivity contribution in [2.75, 3.05) is 0 Å². The maximum Gasteiger partial charge on any atom is 0.164 e. The van der Waals surface area contributed by atoms with Crippen LogP contribution >= 0.6 is 0 Å². The minimum absolute atomic E-state index is 0.0124. The van der Waals surface area contributed by atoms with Crippen molar-refractivity contribution >= 4 is 11.6 Å². The van der Waals surface area contributed by atoms with Gasteiger partial charge in [0, 0.05) is 6.42 Å². The number of benzene rings is 1. The first-order chi connectivity index (χ1) is 8.34. The minimum Gasteiger partial charge on any atom is -0.486 e. The van der Waals surface area contributed by atoms with Gasteiger partial charge in [0.25, 0.3) is 0 Å². The molecule has 0 heterocycles. The molecule has 0 fully saturated rings. The highest BCUT2D eigenvalue weighted by Crippen LogP contribution is 2.22. The first-order valence-corrected chi connectivity index (χ1v) is 5.78. The summed E-state index contributed by atoms with van der Waals surface area (Å²) in [4.78, 5) is 22.6. The lowest BCUT2D eigenvalue weighted by atomic mass is 9.91.